The van der Waals surface area contributed by atoms with Gasteiger partial charge in [-0.15, -0.1) is 0 Å². The molecule has 90 valence electrons. The average molecular weight is 225 g/mol. The standard InChI is InChI=1S/C11H19N3O2/c1-2-10-12-11(16-13-10)8-14-5-3-9(7-14)4-6-15/h9,15H,2-8H2,1H3. The smallest absolute Gasteiger partial charge is 0.240 e. The molecule has 1 atom stereocenters. The summed E-state index contributed by atoms with van der Waals surface area (Å²) in [6.45, 7) is 5.15. The monoisotopic (exact) mass is 225 g/mol. The number of aliphatic hydroxyl groups excluding tert-OH is 1. The summed E-state index contributed by atoms with van der Waals surface area (Å²) >= 11 is 0. The Morgan fingerprint density at radius 2 is 2.44 bits per heavy atom. The van der Waals surface area contributed by atoms with Gasteiger partial charge >= 0.3 is 0 Å². The summed E-state index contributed by atoms with van der Waals surface area (Å²) in [5.74, 6) is 2.11. The summed E-state index contributed by atoms with van der Waals surface area (Å²) in [7, 11) is 0. The molecule has 1 saturated heterocycles. The Morgan fingerprint density at radius 1 is 1.56 bits per heavy atom. The molecule has 0 saturated carbocycles. The number of hydrogen-bond donors (Lipinski definition) is 1. The van der Waals surface area contributed by atoms with Crippen molar-refractivity contribution >= 4 is 0 Å². The number of rotatable bonds is 5. The molecule has 0 bridgehead atoms. The van der Waals surface area contributed by atoms with Crippen molar-refractivity contribution in [2.24, 2.45) is 5.92 Å². The Morgan fingerprint density at radius 3 is 3.12 bits per heavy atom. The number of likely N-dealkylation sites (tertiary alicyclic amines) is 1. The van der Waals surface area contributed by atoms with Gasteiger partial charge in [0.2, 0.25) is 5.89 Å². The maximum Gasteiger partial charge on any atom is 0.240 e. The van der Waals surface area contributed by atoms with E-state index in [1.807, 2.05) is 6.92 Å². The number of nitrogens with zero attached hydrogens (tertiary/aromatic N) is 3. The second-order valence-corrected chi connectivity index (χ2v) is 4.36. The summed E-state index contributed by atoms with van der Waals surface area (Å²) in [4.78, 5) is 6.61. The lowest BCUT2D eigenvalue weighted by atomic mass is 10.1. The van der Waals surface area contributed by atoms with Crippen LogP contribution in [0.25, 0.3) is 0 Å². The first-order chi connectivity index (χ1) is 7.81. The lowest BCUT2D eigenvalue weighted by molar-refractivity contribution is 0.236. The van der Waals surface area contributed by atoms with Crippen molar-refractivity contribution in [3.8, 4) is 0 Å². The minimum absolute atomic E-state index is 0.291. The Kier molecular flexibility index (Phi) is 3.90. The first-order valence-corrected chi connectivity index (χ1v) is 5.96. The van der Waals surface area contributed by atoms with E-state index in [4.69, 9.17) is 9.63 Å². The van der Waals surface area contributed by atoms with Crippen LogP contribution in [-0.4, -0.2) is 39.8 Å². The normalized spacial score (nSPS) is 21.8. The van der Waals surface area contributed by atoms with Crippen molar-refractivity contribution in [1.82, 2.24) is 15.0 Å². The molecule has 1 fully saturated rings. The fourth-order valence-corrected chi connectivity index (χ4v) is 2.16. The molecule has 2 rings (SSSR count). The Bertz CT molecular complexity index is 327. The van der Waals surface area contributed by atoms with E-state index in [0.29, 0.717) is 18.4 Å². The minimum Gasteiger partial charge on any atom is -0.396 e. The Hall–Kier alpha value is -0.940. The number of aromatic nitrogens is 2. The van der Waals surface area contributed by atoms with Gasteiger partial charge in [-0.05, 0) is 25.3 Å². The molecular formula is C11H19N3O2. The van der Waals surface area contributed by atoms with Gasteiger partial charge in [0.05, 0.1) is 6.54 Å². The van der Waals surface area contributed by atoms with Gasteiger partial charge in [0.25, 0.3) is 0 Å². The van der Waals surface area contributed by atoms with Gasteiger partial charge in [0.15, 0.2) is 5.82 Å². The van der Waals surface area contributed by atoms with Crippen molar-refractivity contribution in [3.05, 3.63) is 11.7 Å². The summed E-state index contributed by atoms with van der Waals surface area (Å²) in [6.07, 6.45) is 2.88. The van der Waals surface area contributed by atoms with E-state index in [0.717, 1.165) is 44.7 Å². The fraction of sp³-hybridized carbons (Fsp3) is 0.818. The van der Waals surface area contributed by atoms with E-state index in [-0.39, 0.29) is 0 Å². The molecule has 1 aliphatic heterocycles. The highest BCUT2D eigenvalue weighted by Gasteiger charge is 2.23. The average Bonchev–Trinajstić information content (AvgIpc) is 2.89. The third kappa shape index (κ3) is 2.80. The van der Waals surface area contributed by atoms with Crippen molar-refractivity contribution in [1.29, 1.82) is 0 Å². The van der Waals surface area contributed by atoms with Crippen LogP contribution in [0.1, 0.15) is 31.5 Å². The predicted octanol–water partition coefficient (Wildman–Crippen LogP) is 0.836. The molecule has 0 radical (unpaired) electrons. The van der Waals surface area contributed by atoms with Gasteiger partial charge in [-0.3, -0.25) is 4.90 Å². The van der Waals surface area contributed by atoms with E-state index < -0.39 is 0 Å². The number of aliphatic hydroxyl groups is 1. The first-order valence-electron chi connectivity index (χ1n) is 5.96. The number of hydrogen-bond acceptors (Lipinski definition) is 5. The van der Waals surface area contributed by atoms with Crippen molar-refractivity contribution in [2.45, 2.75) is 32.7 Å². The topological polar surface area (TPSA) is 62.4 Å². The summed E-state index contributed by atoms with van der Waals surface area (Å²) in [5, 5.41) is 12.8. The number of aryl methyl sites for hydroxylation is 1. The molecule has 1 aromatic heterocycles. The molecule has 0 spiro atoms. The molecule has 0 aromatic carbocycles. The van der Waals surface area contributed by atoms with Crippen LogP contribution in [0.3, 0.4) is 0 Å². The minimum atomic E-state index is 0.291. The highest BCUT2D eigenvalue weighted by Crippen LogP contribution is 2.20. The van der Waals surface area contributed by atoms with Crippen LogP contribution in [0.4, 0.5) is 0 Å². The van der Waals surface area contributed by atoms with Gasteiger partial charge in [0.1, 0.15) is 0 Å². The third-order valence-corrected chi connectivity index (χ3v) is 3.09. The van der Waals surface area contributed by atoms with Crippen LogP contribution in [0, 0.1) is 5.92 Å². The molecule has 2 heterocycles. The maximum absolute atomic E-state index is 8.88. The van der Waals surface area contributed by atoms with Gasteiger partial charge < -0.3 is 9.63 Å². The van der Waals surface area contributed by atoms with Crippen LogP contribution in [0.2, 0.25) is 0 Å². The van der Waals surface area contributed by atoms with E-state index in [1.54, 1.807) is 0 Å². The van der Waals surface area contributed by atoms with Crippen LogP contribution < -0.4 is 0 Å². The Labute approximate surface area is 95.4 Å². The lowest BCUT2D eigenvalue weighted by Gasteiger charge is -2.12. The van der Waals surface area contributed by atoms with Crippen LogP contribution in [0.5, 0.6) is 0 Å². The van der Waals surface area contributed by atoms with Gasteiger partial charge in [-0.1, -0.05) is 12.1 Å². The van der Waals surface area contributed by atoms with E-state index >= 15 is 0 Å². The molecule has 16 heavy (non-hydrogen) atoms. The maximum atomic E-state index is 8.88. The largest absolute Gasteiger partial charge is 0.396 e. The molecule has 0 amide bonds. The second kappa shape index (κ2) is 5.41. The highest BCUT2D eigenvalue weighted by molar-refractivity contribution is 4.87. The fourth-order valence-electron chi connectivity index (χ4n) is 2.16. The molecular weight excluding hydrogens is 206 g/mol. The highest BCUT2D eigenvalue weighted by atomic mass is 16.5. The zero-order chi connectivity index (χ0) is 11.4. The lowest BCUT2D eigenvalue weighted by Crippen LogP contribution is -2.20. The Balaban J connectivity index is 1.82. The van der Waals surface area contributed by atoms with Crippen molar-refractivity contribution in [3.63, 3.8) is 0 Å². The summed E-state index contributed by atoms with van der Waals surface area (Å²) in [6, 6.07) is 0. The quantitative estimate of drug-likeness (QED) is 0.804. The SMILES string of the molecule is CCc1noc(CN2CCC(CCO)C2)n1. The van der Waals surface area contributed by atoms with Gasteiger partial charge in [-0.2, -0.15) is 4.98 Å². The molecule has 1 unspecified atom stereocenters. The van der Waals surface area contributed by atoms with Crippen molar-refractivity contribution < 1.29 is 9.63 Å². The molecule has 1 aromatic rings. The zero-order valence-corrected chi connectivity index (χ0v) is 9.72. The van der Waals surface area contributed by atoms with Gasteiger partial charge in [-0.25, -0.2) is 0 Å². The van der Waals surface area contributed by atoms with E-state index in [1.165, 1.54) is 0 Å². The zero-order valence-electron chi connectivity index (χ0n) is 9.72. The van der Waals surface area contributed by atoms with E-state index in [9.17, 15) is 0 Å². The van der Waals surface area contributed by atoms with E-state index in [2.05, 4.69) is 15.0 Å². The third-order valence-electron chi connectivity index (χ3n) is 3.09. The molecule has 5 heteroatoms. The molecule has 0 aliphatic carbocycles. The summed E-state index contributed by atoms with van der Waals surface area (Å²) < 4.78 is 5.16. The van der Waals surface area contributed by atoms with Gasteiger partial charge in [0, 0.05) is 19.6 Å². The molecule has 1 aliphatic rings. The van der Waals surface area contributed by atoms with Crippen molar-refractivity contribution in [2.75, 3.05) is 19.7 Å². The molecule has 5 nitrogen and oxygen atoms in total. The molecule has 1 N–H and O–H groups in total. The van der Waals surface area contributed by atoms with Crippen LogP contribution in [0.15, 0.2) is 4.52 Å². The first kappa shape index (κ1) is 11.5. The predicted molar refractivity (Wildman–Crippen MR) is 58.8 cm³/mol. The summed E-state index contributed by atoms with van der Waals surface area (Å²) in [5.41, 5.74) is 0. The van der Waals surface area contributed by atoms with Crippen LogP contribution >= 0.6 is 0 Å². The second-order valence-electron chi connectivity index (χ2n) is 4.36. The van der Waals surface area contributed by atoms with Crippen LogP contribution in [-0.2, 0) is 13.0 Å².